The van der Waals surface area contributed by atoms with Gasteiger partial charge in [0.05, 0.1) is 5.69 Å². The summed E-state index contributed by atoms with van der Waals surface area (Å²) in [4.78, 5) is 7.72. The first-order valence-electron chi connectivity index (χ1n) is 5.94. The molecule has 20 heavy (non-hydrogen) atoms. The first-order chi connectivity index (χ1) is 9.63. The lowest BCUT2D eigenvalue weighted by molar-refractivity contribution is 1.21. The summed E-state index contributed by atoms with van der Waals surface area (Å²) in [7, 11) is 0. The van der Waals surface area contributed by atoms with Crippen LogP contribution in [0.4, 0.5) is 0 Å². The third-order valence-electron chi connectivity index (χ3n) is 2.94. The lowest BCUT2D eigenvalue weighted by Crippen LogP contribution is -1.81. The third kappa shape index (κ3) is 2.70. The molecule has 0 saturated heterocycles. The van der Waals surface area contributed by atoms with Gasteiger partial charge in [0.25, 0.3) is 0 Å². The normalized spacial score (nSPS) is 10.8. The van der Waals surface area contributed by atoms with Crippen molar-refractivity contribution in [3.8, 4) is 22.6 Å². The van der Waals surface area contributed by atoms with Gasteiger partial charge in [-0.25, -0.2) is 4.98 Å². The topological polar surface area (TPSA) is 28.7 Å². The SMILES string of the molecule is Sc1nc(-c2ccc(Cl)cc2)[nH]c1-c1ccc(Cl)cc1. The van der Waals surface area contributed by atoms with Crippen LogP contribution in [-0.2, 0) is 0 Å². The Labute approximate surface area is 132 Å². The molecule has 2 nitrogen and oxygen atoms in total. The average molecular weight is 321 g/mol. The average Bonchev–Trinajstić information content (AvgIpc) is 2.82. The Hall–Kier alpha value is -1.42. The van der Waals surface area contributed by atoms with E-state index in [-0.39, 0.29) is 0 Å². The number of hydrogen-bond donors (Lipinski definition) is 2. The van der Waals surface area contributed by atoms with E-state index < -0.39 is 0 Å². The summed E-state index contributed by atoms with van der Waals surface area (Å²) in [5, 5.41) is 2.05. The zero-order valence-corrected chi connectivity index (χ0v) is 12.7. The summed E-state index contributed by atoms with van der Waals surface area (Å²) >= 11 is 16.2. The van der Waals surface area contributed by atoms with Gasteiger partial charge in [0, 0.05) is 21.2 Å². The Morgan fingerprint density at radius 1 is 0.800 bits per heavy atom. The number of hydrogen-bond acceptors (Lipinski definition) is 2. The largest absolute Gasteiger partial charge is 0.337 e. The van der Waals surface area contributed by atoms with Crippen molar-refractivity contribution in [3.63, 3.8) is 0 Å². The van der Waals surface area contributed by atoms with Gasteiger partial charge in [0.15, 0.2) is 0 Å². The number of imidazole rings is 1. The minimum absolute atomic E-state index is 0.650. The van der Waals surface area contributed by atoms with Gasteiger partial charge in [-0.15, -0.1) is 12.6 Å². The Morgan fingerprint density at radius 2 is 1.30 bits per heavy atom. The fourth-order valence-electron chi connectivity index (χ4n) is 1.93. The van der Waals surface area contributed by atoms with Crippen molar-refractivity contribution in [2.45, 2.75) is 5.03 Å². The Balaban J connectivity index is 2.02. The first-order valence-corrected chi connectivity index (χ1v) is 7.14. The van der Waals surface area contributed by atoms with E-state index in [2.05, 4.69) is 22.6 Å². The van der Waals surface area contributed by atoms with Crippen LogP contribution in [0.2, 0.25) is 10.0 Å². The lowest BCUT2D eigenvalue weighted by Gasteiger charge is -1.99. The standard InChI is InChI=1S/C15H10Cl2N2S/c16-11-5-1-9(2-6-11)13-15(20)19-14(18-13)10-3-7-12(17)8-4-10/h1-8,20H,(H,18,19). The van der Waals surface area contributed by atoms with Crippen molar-refractivity contribution in [2.75, 3.05) is 0 Å². The van der Waals surface area contributed by atoms with Gasteiger partial charge in [0.1, 0.15) is 10.9 Å². The summed E-state index contributed by atoms with van der Waals surface area (Å²) in [5.74, 6) is 0.761. The van der Waals surface area contributed by atoms with Gasteiger partial charge in [-0.1, -0.05) is 35.3 Å². The maximum absolute atomic E-state index is 5.90. The van der Waals surface area contributed by atoms with Crippen LogP contribution in [0.15, 0.2) is 53.6 Å². The molecule has 3 aromatic rings. The molecule has 1 N–H and O–H groups in total. The molecule has 3 rings (SSSR count). The van der Waals surface area contributed by atoms with E-state index in [1.165, 1.54) is 0 Å². The smallest absolute Gasteiger partial charge is 0.139 e. The van der Waals surface area contributed by atoms with Crippen molar-refractivity contribution in [3.05, 3.63) is 58.6 Å². The second kappa shape index (κ2) is 5.52. The van der Waals surface area contributed by atoms with Gasteiger partial charge in [-0.3, -0.25) is 0 Å². The highest BCUT2D eigenvalue weighted by molar-refractivity contribution is 7.80. The number of aromatic amines is 1. The zero-order chi connectivity index (χ0) is 14.1. The fraction of sp³-hybridized carbons (Fsp3) is 0. The minimum atomic E-state index is 0.650. The molecule has 0 amide bonds. The van der Waals surface area contributed by atoms with Gasteiger partial charge >= 0.3 is 0 Å². The summed E-state index contributed by atoms with van der Waals surface area (Å²) in [5.41, 5.74) is 2.83. The molecule has 1 aromatic heterocycles. The van der Waals surface area contributed by atoms with Crippen LogP contribution in [0.1, 0.15) is 0 Å². The minimum Gasteiger partial charge on any atom is -0.337 e. The number of benzene rings is 2. The molecule has 0 spiro atoms. The molecule has 100 valence electrons. The number of thiol groups is 1. The van der Waals surface area contributed by atoms with Gasteiger partial charge in [0.2, 0.25) is 0 Å². The molecule has 0 atom stereocenters. The molecule has 5 heteroatoms. The molecule has 0 fully saturated rings. The molecule has 0 radical (unpaired) electrons. The molecule has 1 heterocycles. The zero-order valence-electron chi connectivity index (χ0n) is 10.3. The molecule has 0 saturated carbocycles. The van der Waals surface area contributed by atoms with Crippen molar-refractivity contribution >= 4 is 35.8 Å². The number of H-pyrrole nitrogens is 1. The summed E-state index contributed by atoms with van der Waals surface area (Å²) in [6.45, 7) is 0. The van der Waals surface area contributed by atoms with E-state index in [4.69, 9.17) is 23.2 Å². The van der Waals surface area contributed by atoms with E-state index in [1.807, 2.05) is 48.5 Å². The molecule has 0 aliphatic heterocycles. The second-order valence-corrected chi connectivity index (χ2v) is 5.59. The third-order valence-corrected chi connectivity index (χ3v) is 3.76. The molecule has 0 bridgehead atoms. The van der Waals surface area contributed by atoms with Gasteiger partial charge in [-0.2, -0.15) is 0 Å². The molecule has 0 aliphatic carbocycles. The van der Waals surface area contributed by atoms with Crippen molar-refractivity contribution in [1.29, 1.82) is 0 Å². The quantitative estimate of drug-likeness (QED) is 0.613. The number of rotatable bonds is 2. The van der Waals surface area contributed by atoms with Gasteiger partial charge in [-0.05, 0) is 36.4 Å². The van der Waals surface area contributed by atoms with Crippen LogP contribution in [0.5, 0.6) is 0 Å². The highest BCUT2D eigenvalue weighted by Crippen LogP contribution is 2.29. The maximum Gasteiger partial charge on any atom is 0.139 e. The Bertz CT molecular complexity index is 734. The highest BCUT2D eigenvalue weighted by atomic mass is 35.5. The van der Waals surface area contributed by atoms with E-state index in [0.717, 1.165) is 22.6 Å². The number of nitrogens with zero attached hydrogens (tertiary/aromatic N) is 1. The number of nitrogens with one attached hydrogen (secondary N) is 1. The molecular weight excluding hydrogens is 311 g/mol. The summed E-state index contributed by atoms with van der Waals surface area (Å²) in [6, 6.07) is 15.0. The van der Waals surface area contributed by atoms with Gasteiger partial charge < -0.3 is 4.98 Å². The maximum atomic E-state index is 5.90. The van der Waals surface area contributed by atoms with Crippen LogP contribution in [0.25, 0.3) is 22.6 Å². The lowest BCUT2D eigenvalue weighted by atomic mass is 10.2. The Morgan fingerprint density at radius 3 is 1.85 bits per heavy atom. The molecular formula is C15H10Cl2N2S. The van der Waals surface area contributed by atoms with Crippen LogP contribution in [0, 0.1) is 0 Å². The number of aromatic nitrogens is 2. The van der Waals surface area contributed by atoms with Crippen LogP contribution < -0.4 is 0 Å². The predicted molar refractivity (Wildman–Crippen MR) is 86.7 cm³/mol. The molecule has 0 unspecified atom stereocenters. The monoisotopic (exact) mass is 320 g/mol. The summed E-state index contributed by atoms with van der Waals surface area (Å²) < 4.78 is 0. The summed E-state index contributed by atoms with van der Waals surface area (Å²) in [6.07, 6.45) is 0. The van der Waals surface area contributed by atoms with Crippen LogP contribution in [-0.4, -0.2) is 9.97 Å². The van der Waals surface area contributed by atoms with Crippen molar-refractivity contribution in [1.82, 2.24) is 9.97 Å². The highest BCUT2D eigenvalue weighted by Gasteiger charge is 2.10. The van der Waals surface area contributed by atoms with Crippen molar-refractivity contribution < 1.29 is 0 Å². The first kappa shape index (κ1) is 13.6. The number of halogens is 2. The van der Waals surface area contributed by atoms with Crippen LogP contribution in [0.3, 0.4) is 0 Å². The second-order valence-electron chi connectivity index (χ2n) is 4.30. The predicted octanol–water partition coefficient (Wildman–Crippen LogP) is 5.34. The Kier molecular flexibility index (Phi) is 3.74. The van der Waals surface area contributed by atoms with Crippen molar-refractivity contribution in [2.24, 2.45) is 0 Å². The fourth-order valence-corrected chi connectivity index (χ4v) is 2.46. The van der Waals surface area contributed by atoms with Crippen LogP contribution >= 0.6 is 35.8 Å². The molecule has 0 aliphatic rings. The van der Waals surface area contributed by atoms with E-state index in [9.17, 15) is 0 Å². The van der Waals surface area contributed by atoms with E-state index in [0.29, 0.717) is 15.1 Å². The molecule has 2 aromatic carbocycles. The van der Waals surface area contributed by atoms with E-state index >= 15 is 0 Å². The van der Waals surface area contributed by atoms with E-state index in [1.54, 1.807) is 0 Å².